The van der Waals surface area contributed by atoms with Crippen molar-refractivity contribution in [3.63, 3.8) is 0 Å². The van der Waals surface area contributed by atoms with Crippen molar-refractivity contribution in [2.24, 2.45) is 11.7 Å². The van der Waals surface area contributed by atoms with Crippen molar-refractivity contribution in [1.82, 2.24) is 4.31 Å². The average molecular weight is 353 g/mol. The molecule has 1 atom stereocenters. The van der Waals surface area contributed by atoms with Gasteiger partial charge in [0.1, 0.15) is 10.7 Å². The van der Waals surface area contributed by atoms with Crippen molar-refractivity contribution in [3.05, 3.63) is 17.6 Å². The molecular formula is C13H21ClN2O5S. The lowest BCUT2D eigenvalue weighted by molar-refractivity contribution is 0.0563. The third-order valence-corrected chi connectivity index (χ3v) is 5.59. The molecule has 0 aliphatic carbocycles. The van der Waals surface area contributed by atoms with Gasteiger partial charge >= 0.3 is 5.97 Å². The van der Waals surface area contributed by atoms with E-state index in [1.165, 1.54) is 17.5 Å². The summed E-state index contributed by atoms with van der Waals surface area (Å²) in [7, 11) is -2.45. The number of rotatable bonds is 5. The summed E-state index contributed by atoms with van der Waals surface area (Å²) in [6, 6.07) is 1.25. The Bertz CT molecular complexity index is 628. The molecule has 0 radical (unpaired) electrons. The van der Waals surface area contributed by atoms with Crippen LogP contribution in [0.25, 0.3) is 0 Å². The van der Waals surface area contributed by atoms with Crippen LogP contribution in [0, 0.1) is 5.92 Å². The molecule has 1 aliphatic heterocycles. The lowest BCUT2D eigenvalue weighted by Crippen LogP contribution is -2.30. The predicted octanol–water partition coefficient (Wildman–Crippen LogP) is 1.02. The van der Waals surface area contributed by atoms with Crippen LogP contribution >= 0.6 is 12.4 Å². The monoisotopic (exact) mass is 352 g/mol. The summed E-state index contributed by atoms with van der Waals surface area (Å²) in [5.74, 6) is -0.335. The molecule has 22 heavy (non-hydrogen) atoms. The summed E-state index contributed by atoms with van der Waals surface area (Å²) in [6.45, 7) is 3.07. The molecule has 1 unspecified atom stereocenters. The molecule has 1 saturated heterocycles. The summed E-state index contributed by atoms with van der Waals surface area (Å²) in [5.41, 5.74) is 5.59. The van der Waals surface area contributed by atoms with Gasteiger partial charge in [-0.1, -0.05) is 6.92 Å². The Hall–Kier alpha value is -1.09. The minimum Gasteiger partial charge on any atom is -0.463 e. The van der Waals surface area contributed by atoms with E-state index in [-0.39, 0.29) is 34.7 Å². The van der Waals surface area contributed by atoms with Gasteiger partial charge in [-0.2, -0.15) is 4.31 Å². The molecule has 126 valence electrons. The van der Waals surface area contributed by atoms with Crippen LogP contribution in [0.5, 0.6) is 0 Å². The first-order chi connectivity index (χ1) is 9.93. The maximum atomic E-state index is 12.7. The van der Waals surface area contributed by atoms with Gasteiger partial charge < -0.3 is 14.9 Å². The number of furan rings is 1. The summed E-state index contributed by atoms with van der Waals surface area (Å²) in [6.07, 6.45) is 1.12. The van der Waals surface area contributed by atoms with Crippen LogP contribution < -0.4 is 5.73 Å². The fourth-order valence-corrected chi connectivity index (χ4v) is 4.19. The maximum Gasteiger partial charge on any atom is 0.373 e. The van der Waals surface area contributed by atoms with E-state index in [1.54, 1.807) is 6.92 Å². The number of sulfonamides is 1. The Morgan fingerprint density at radius 3 is 2.73 bits per heavy atom. The third-order valence-electron chi connectivity index (χ3n) is 3.68. The van der Waals surface area contributed by atoms with Gasteiger partial charge in [0.2, 0.25) is 15.8 Å². The molecule has 1 fully saturated rings. The summed E-state index contributed by atoms with van der Waals surface area (Å²) in [5, 5.41) is 0. The summed E-state index contributed by atoms with van der Waals surface area (Å²) in [4.78, 5) is 11.5. The van der Waals surface area contributed by atoms with Crippen molar-refractivity contribution < 1.29 is 22.4 Å². The molecule has 1 aliphatic rings. The van der Waals surface area contributed by atoms with E-state index < -0.39 is 16.0 Å². The fraction of sp³-hybridized carbons (Fsp3) is 0.615. The van der Waals surface area contributed by atoms with Gasteiger partial charge in [-0.3, -0.25) is 0 Å². The molecular weight excluding hydrogens is 332 g/mol. The minimum absolute atomic E-state index is 0. The van der Waals surface area contributed by atoms with E-state index in [0.29, 0.717) is 26.1 Å². The van der Waals surface area contributed by atoms with Gasteiger partial charge in [0.25, 0.3) is 0 Å². The normalized spacial score (nSPS) is 19.0. The highest BCUT2D eigenvalue weighted by Crippen LogP contribution is 2.29. The topological polar surface area (TPSA) is 103 Å². The number of carbonyl (C=O) groups excluding carboxylic acids is 1. The predicted molar refractivity (Wildman–Crippen MR) is 82.6 cm³/mol. The SMILES string of the molecule is CCc1oc(C(=O)OC)cc1S(=O)(=O)N1CCC(CN)C1.Cl. The number of hydrogen-bond acceptors (Lipinski definition) is 6. The quantitative estimate of drug-likeness (QED) is 0.793. The molecule has 0 amide bonds. The molecule has 0 aromatic carbocycles. The number of hydrogen-bond donors (Lipinski definition) is 1. The van der Waals surface area contributed by atoms with Gasteiger partial charge in [0.15, 0.2) is 0 Å². The molecule has 2 heterocycles. The van der Waals surface area contributed by atoms with Crippen molar-refractivity contribution in [3.8, 4) is 0 Å². The standard InChI is InChI=1S/C13H20N2O5S.ClH/c1-3-10-12(6-11(20-10)13(16)19-2)21(17,18)15-5-4-9(7-14)8-15;/h6,9H,3-5,7-8,14H2,1-2H3;1H. The lowest BCUT2D eigenvalue weighted by Gasteiger charge is -2.15. The van der Waals surface area contributed by atoms with Crippen LogP contribution in [-0.2, 0) is 21.2 Å². The van der Waals surface area contributed by atoms with Gasteiger partial charge in [0, 0.05) is 25.6 Å². The first-order valence-corrected chi connectivity index (χ1v) is 8.29. The van der Waals surface area contributed by atoms with Crippen LogP contribution in [0.3, 0.4) is 0 Å². The van der Waals surface area contributed by atoms with Crippen molar-refractivity contribution in [2.45, 2.75) is 24.7 Å². The third kappa shape index (κ3) is 3.45. The molecule has 1 aromatic rings. The van der Waals surface area contributed by atoms with Crippen molar-refractivity contribution in [1.29, 1.82) is 0 Å². The largest absolute Gasteiger partial charge is 0.463 e. The van der Waals surface area contributed by atoms with Crippen LogP contribution in [0.4, 0.5) is 0 Å². The Morgan fingerprint density at radius 2 is 2.23 bits per heavy atom. The van der Waals surface area contributed by atoms with Crippen LogP contribution in [0.2, 0.25) is 0 Å². The van der Waals surface area contributed by atoms with E-state index >= 15 is 0 Å². The van der Waals surface area contributed by atoms with E-state index in [1.807, 2.05) is 0 Å². The molecule has 1 aromatic heterocycles. The number of nitrogens with zero attached hydrogens (tertiary/aromatic N) is 1. The van der Waals surface area contributed by atoms with Crippen molar-refractivity contribution >= 4 is 28.4 Å². The minimum atomic E-state index is -3.67. The Morgan fingerprint density at radius 1 is 1.55 bits per heavy atom. The van der Waals surface area contributed by atoms with Crippen LogP contribution in [-0.4, -0.2) is 45.4 Å². The first kappa shape index (κ1) is 19.0. The summed E-state index contributed by atoms with van der Waals surface area (Å²) < 4.78 is 36.6. The Kier molecular flexibility index (Phi) is 6.42. The fourth-order valence-electron chi connectivity index (χ4n) is 2.42. The Balaban J connectivity index is 0.00000242. The second-order valence-electron chi connectivity index (χ2n) is 5.00. The number of aryl methyl sites for hydroxylation is 1. The van der Waals surface area contributed by atoms with Gasteiger partial charge in [-0.25, -0.2) is 13.2 Å². The number of methoxy groups -OCH3 is 1. The Labute approximate surface area is 136 Å². The van der Waals surface area contributed by atoms with E-state index in [0.717, 1.165) is 6.42 Å². The zero-order valence-electron chi connectivity index (χ0n) is 12.6. The van der Waals surface area contributed by atoms with E-state index in [4.69, 9.17) is 10.2 Å². The molecule has 0 spiro atoms. The number of halogens is 1. The zero-order chi connectivity index (χ0) is 15.6. The van der Waals surface area contributed by atoms with Gasteiger partial charge in [-0.05, 0) is 18.9 Å². The number of esters is 1. The molecule has 9 heteroatoms. The molecule has 0 bridgehead atoms. The lowest BCUT2D eigenvalue weighted by atomic mass is 10.1. The second-order valence-corrected chi connectivity index (χ2v) is 6.90. The highest BCUT2D eigenvalue weighted by Gasteiger charge is 2.35. The first-order valence-electron chi connectivity index (χ1n) is 6.85. The number of nitrogens with two attached hydrogens (primary N) is 1. The molecule has 7 nitrogen and oxygen atoms in total. The van der Waals surface area contributed by atoms with E-state index in [9.17, 15) is 13.2 Å². The van der Waals surface area contributed by atoms with Gasteiger partial charge in [0.05, 0.1) is 7.11 Å². The molecule has 2 rings (SSSR count). The molecule has 0 saturated carbocycles. The average Bonchev–Trinajstić information content (AvgIpc) is 3.13. The summed E-state index contributed by atoms with van der Waals surface area (Å²) >= 11 is 0. The smallest absolute Gasteiger partial charge is 0.373 e. The van der Waals surface area contributed by atoms with E-state index in [2.05, 4.69) is 4.74 Å². The maximum absolute atomic E-state index is 12.7. The number of ether oxygens (including phenoxy) is 1. The highest BCUT2D eigenvalue weighted by molar-refractivity contribution is 7.89. The highest BCUT2D eigenvalue weighted by atomic mass is 35.5. The van der Waals surface area contributed by atoms with Gasteiger partial charge in [-0.15, -0.1) is 12.4 Å². The number of carbonyl (C=O) groups is 1. The van der Waals surface area contributed by atoms with Crippen molar-refractivity contribution in [2.75, 3.05) is 26.7 Å². The zero-order valence-corrected chi connectivity index (χ0v) is 14.2. The van der Waals surface area contributed by atoms with Crippen LogP contribution in [0.1, 0.15) is 29.7 Å². The molecule has 2 N–H and O–H groups in total. The second kappa shape index (κ2) is 7.45. The van der Waals surface area contributed by atoms with Crippen LogP contribution in [0.15, 0.2) is 15.4 Å².